The molecule has 3 heteroatoms. The van der Waals surface area contributed by atoms with Gasteiger partial charge in [0.05, 0.1) is 12.7 Å². The molecule has 2 aliphatic rings. The number of hydrogen-bond acceptors (Lipinski definition) is 3. The lowest BCUT2D eigenvalue weighted by Crippen LogP contribution is -2.33. The van der Waals surface area contributed by atoms with Crippen molar-refractivity contribution in [2.75, 3.05) is 6.61 Å². The third-order valence-corrected chi connectivity index (χ3v) is 3.54. The summed E-state index contributed by atoms with van der Waals surface area (Å²) in [5.41, 5.74) is 0. The third kappa shape index (κ3) is 1.84. The molecule has 0 saturated heterocycles. The van der Waals surface area contributed by atoms with Gasteiger partial charge in [0.25, 0.3) is 0 Å². The number of hydrogen-bond donors (Lipinski definition) is 0. The molecule has 0 heterocycles. The predicted octanol–water partition coefficient (Wildman–Crippen LogP) is 1.96. The van der Waals surface area contributed by atoms with Gasteiger partial charge in [-0.2, -0.15) is 0 Å². The Morgan fingerprint density at radius 3 is 2.43 bits per heavy atom. The molecule has 0 spiro atoms. The summed E-state index contributed by atoms with van der Waals surface area (Å²) >= 11 is 0. The largest absolute Gasteiger partial charge is 0.303 e. The fraction of sp³-hybridized carbons (Fsp3) is 0.909. The first-order valence-corrected chi connectivity index (χ1v) is 5.58. The Hall–Kier alpha value is -0.410. The Morgan fingerprint density at radius 2 is 1.93 bits per heavy atom. The minimum Gasteiger partial charge on any atom is -0.303 e. The highest BCUT2D eigenvalue weighted by atomic mass is 17.2. The van der Waals surface area contributed by atoms with Crippen LogP contribution in [0.15, 0.2) is 0 Å². The molecule has 0 aromatic heterocycles. The van der Waals surface area contributed by atoms with Crippen molar-refractivity contribution in [3.8, 4) is 0 Å². The summed E-state index contributed by atoms with van der Waals surface area (Å²) in [7, 11) is 0. The zero-order valence-corrected chi connectivity index (χ0v) is 8.65. The maximum absolute atomic E-state index is 10.7. The van der Waals surface area contributed by atoms with Crippen LogP contribution in [0.3, 0.4) is 0 Å². The van der Waals surface area contributed by atoms with Gasteiger partial charge in [-0.15, -0.1) is 0 Å². The molecule has 2 saturated carbocycles. The van der Waals surface area contributed by atoms with Crippen LogP contribution < -0.4 is 0 Å². The fourth-order valence-electron chi connectivity index (χ4n) is 2.93. The molecule has 2 unspecified atom stereocenters. The number of fused-ring (bicyclic) bond motifs is 2. The summed E-state index contributed by atoms with van der Waals surface area (Å²) in [6, 6.07) is 0. The first kappa shape index (κ1) is 10.1. The standard InChI is InChI=1S/C11H18O3/c1-2-13-14-11-9-3-4-10(11)6-8(5-9)7-12/h7-11H,2-6H2,1H3. The van der Waals surface area contributed by atoms with Gasteiger partial charge in [0.15, 0.2) is 0 Å². The van der Waals surface area contributed by atoms with Gasteiger partial charge in [0.2, 0.25) is 0 Å². The minimum atomic E-state index is 0.256. The number of carbonyl (C=O) groups is 1. The van der Waals surface area contributed by atoms with E-state index in [4.69, 9.17) is 9.78 Å². The second kappa shape index (κ2) is 4.41. The van der Waals surface area contributed by atoms with Gasteiger partial charge in [0, 0.05) is 5.92 Å². The molecule has 2 fully saturated rings. The van der Waals surface area contributed by atoms with Crippen molar-refractivity contribution in [3.05, 3.63) is 0 Å². The van der Waals surface area contributed by atoms with Gasteiger partial charge in [-0.1, -0.05) is 0 Å². The van der Waals surface area contributed by atoms with Crippen LogP contribution in [-0.2, 0) is 14.6 Å². The van der Waals surface area contributed by atoms with Crippen molar-refractivity contribution in [2.45, 2.75) is 38.7 Å². The molecule has 2 rings (SSSR count). The lowest BCUT2D eigenvalue weighted by atomic mass is 9.80. The molecule has 0 aliphatic heterocycles. The maximum Gasteiger partial charge on any atom is 0.123 e. The molecular weight excluding hydrogens is 180 g/mol. The minimum absolute atomic E-state index is 0.256. The fourth-order valence-corrected chi connectivity index (χ4v) is 2.93. The Morgan fingerprint density at radius 1 is 1.29 bits per heavy atom. The van der Waals surface area contributed by atoms with Crippen LogP contribution in [0.2, 0.25) is 0 Å². The molecule has 3 nitrogen and oxygen atoms in total. The molecule has 80 valence electrons. The smallest absolute Gasteiger partial charge is 0.123 e. The van der Waals surface area contributed by atoms with E-state index in [9.17, 15) is 4.79 Å². The van der Waals surface area contributed by atoms with Crippen molar-refractivity contribution >= 4 is 6.29 Å². The molecular formula is C11H18O3. The molecule has 0 aromatic rings. The predicted molar refractivity (Wildman–Crippen MR) is 51.5 cm³/mol. The third-order valence-electron chi connectivity index (χ3n) is 3.54. The monoisotopic (exact) mass is 198 g/mol. The molecule has 0 N–H and O–H groups in total. The Balaban J connectivity index is 1.92. The molecule has 0 aromatic carbocycles. The van der Waals surface area contributed by atoms with Crippen LogP contribution in [0, 0.1) is 17.8 Å². The SMILES string of the molecule is CCOOC1C2CCC1CC(C=O)C2. The second-order valence-electron chi connectivity index (χ2n) is 4.43. The van der Waals surface area contributed by atoms with Crippen LogP contribution in [0.1, 0.15) is 32.6 Å². The normalized spacial score (nSPS) is 41.2. The number of aldehydes is 1. The molecule has 2 bridgehead atoms. The average molecular weight is 198 g/mol. The topological polar surface area (TPSA) is 35.5 Å². The van der Waals surface area contributed by atoms with Crippen molar-refractivity contribution in [1.29, 1.82) is 0 Å². The average Bonchev–Trinajstić information content (AvgIpc) is 2.46. The van der Waals surface area contributed by atoms with Crippen LogP contribution in [0.4, 0.5) is 0 Å². The highest BCUT2D eigenvalue weighted by Crippen LogP contribution is 2.45. The van der Waals surface area contributed by atoms with Crippen molar-refractivity contribution in [1.82, 2.24) is 0 Å². The summed E-state index contributed by atoms with van der Waals surface area (Å²) in [5, 5.41) is 0. The molecule has 0 amide bonds. The van der Waals surface area contributed by atoms with E-state index in [-0.39, 0.29) is 12.0 Å². The summed E-state index contributed by atoms with van der Waals surface area (Å²) in [6.45, 7) is 2.53. The molecule has 2 atom stereocenters. The van der Waals surface area contributed by atoms with Crippen LogP contribution in [0.5, 0.6) is 0 Å². The summed E-state index contributed by atoms with van der Waals surface area (Å²) < 4.78 is 0. The van der Waals surface area contributed by atoms with Crippen LogP contribution >= 0.6 is 0 Å². The van der Waals surface area contributed by atoms with E-state index in [0.717, 1.165) is 19.1 Å². The van der Waals surface area contributed by atoms with Gasteiger partial charge in [-0.05, 0) is 44.4 Å². The van der Waals surface area contributed by atoms with E-state index >= 15 is 0 Å². The quantitative estimate of drug-likeness (QED) is 0.393. The molecule has 14 heavy (non-hydrogen) atoms. The van der Waals surface area contributed by atoms with Gasteiger partial charge in [-0.3, -0.25) is 0 Å². The van der Waals surface area contributed by atoms with Crippen molar-refractivity contribution in [2.24, 2.45) is 17.8 Å². The Labute approximate surface area is 84.7 Å². The Bertz CT molecular complexity index is 191. The van der Waals surface area contributed by atoms with E-state index in [0.29, 0.717) is 18.4 Å². The Kier molecular flexibility index (Phi) is 3.19. The molecule has 0 radical (unpaired) electrons. The van der Waals surface area contributed by atoms with Gasteiger partial charge < -0.3 is 4.79 Å². The zero-order chi connectivity index (χ0) is 9.97. The highest BCUT2D eigenvalue weighted by Gasteiger charge is 2.44. The summed E-state index contributed by atoms with van der Waals surface area (Å²) in [5.74, 6) is 1.37. The van der Waals surface area contributed by atoms with Gasteiger partial charge in [-0.25, -0.2) is 9.78 Å². The summed E-state index contributed by atoms with van der Waals surface area (Å²) in [4.78, 5) is 21.2. The first-order chi connectivity index (χ1) is 6.85. The van der Waals surface area contributed by atoms with E-state index < -0.39 is 0 Å². The highest BCUT2D eigenvalue weighted by molar-refractivity contribution is 5.54. The van der Waals surface area contributed by atoms with Gasteiger partial charge >= 0.3 is 0 Å². The van der Waals surface area contributed by atoms with E-state index in [1.807, 2.05) is 6.92 Å². The van der Waals surface area contributed by atoms with Crippen LogP contribution in [-0.4, -0.2) is 19.0 Å². The van der Waals surface area contributed by atoms with Gasteiger partial charge in [0.1, 0.15) is 6.29 Å². The van der Waals surface area contributed by atoms with E-state index in [1.54, 1.807) is 0 Å². The second-order valence-corrected chi connectivity index (χ2v) is 4.43. The molecule has 2 aliphatic carbocycles. The first-order valence-electron chi connectivity index (χ1n) is 5.58. The van der Waals surface area contributed by atoms with E-state index in [1.165, 1.54) is 12.8 Å². The number of rotatable bonds is 4. The van der Waals surface area contributed by atoms with Crippen LogP contribution in [0.25, 0.3) is 0 Å². The van der Waals surface area contributed by atoms with Crippen molar-refractivity contribution < 1.29 is 14.6 Å². The van der Waals surface area contributed by atoms with Crippen molar-refractivity contribution in [3.63, 3.8) is 0 Å². The lowest BCUT2D eigenvalue weighted by molar-refractivity contribution is -0.339. The summed E-state index contributed by atoms with van der Waals surface area (Å²) in [6.07, 6.45) is 5.77. The lowest BCUT2D eigenvalue weighted by Gasteiger charge is -2.31. The number of carbonyl (C=O) groups excluding carboxylic acids is 1. The maximum atomic E-state index is 10.7. The zero-order valence-electron chi connectivity index (χ0n) is 8.65. The van der Waals surface area contributed by atoms with E-state index in [2.05, 4.69) is 0 Å².